The van der Waals surface area contributed by atoms with Gasteiger partial charge in [0.05, 0.1) is 19.5 Å². The fraction of sp³-hybridized carbons (Fsp3) is 0.500. The molecule has 0 saturated carbocycles. The zero-order chi connectivity index (χ0) is 30.6. The standard InChI is InChI=1S/C28H37N7O7/c1-16(36)40-13-21-22(32-27(38)20(33(3)4)12-18-8-10-19(39-7)11-9-18)24(41-17(2)37)28(42-21)35-15-31-23-25(34(5)6)29-14-30-26(23)35/h8-11,14-15,20-22,24,28H,12-13H2,1-7H3,(H,32,38)/t20?,21-,22+,24-,28-/m0/s1. The molecule has 1 fully saturated rings. The summed E-state index contributed by atoms with van der Waals surface area (Å²) in [7, 11) is 8.88. The van der Waals surface area contributed by atoms with E-state index in [4.69, 9.17) is 18.9 Å². The second kappa shape index (κ2) is 13.1. The number of imidazole rings is 1. The average Bonchev–Trinajstić information content (AvgIpc) is 3.51. The molecule has 1 saturated heterocycles. The largest absolute Gasteiger partial charge is 0.497 e. The summed E-state index contributed by atoms with van der Waals surface area (Å²) in [6.45, 7) is 2.38. The Hall–Kier alpha value is -4.30. The molecule has 0 bridgehead atoms. The van der Waals surface area contributed by atoms with Crippen molar-refractivity contribution in [3.05, 3.63) is 42.5 Å². The highest BCUT2D eigenvalue weighted by atomic mass is 16.6. The van der Waals surface area contributed by atoms with Crippen molar-refractivity contribution in [3.63, 3.8) is 0 Å². The van der Waals surface area contributed by atoms with Crippen LogP contribution in [0, 0.1) is 0 Å². The SMILES string of the molecule is COc1ccc(CC(C(=O)N[C@H]2[C@H](OC(C)=O)[C@@H](n3cnc4c(N(C)C)ncnc43)O[C@H]2COC(C)=O)N(C)C)cc1. The fourth-order valence-corrected chi connectivity index (χ4v) is 4.90. The van der Waals surface area contributed by atoms with Crippen LogP contribution >= 0.6 is 0 Å². The van der Waals surface area contributed by atoms with Crippen molar-refractivity contribution in [3.8, 4) is 5.75 Å². The van der Waals surface area contributed by atoms with Gasteiger partial charge in [-0.1, -0.05) is 12.1 Å². The maximum atomic E-state index is 13.8. The first-order valence-electron chi connectivity index (χ1n) is 13.4. The Kier molecular flexibility index (Phi) is 9.58. The zero-order valence-electron chi connectivity index (χ0n) is 24.8. The number of nitrogens with one attached hydrogen (secondary N) is 1. The lowest BCUT2D eigenvalue weighted by Crippen LogP contribution is -2.55. The fourth-order valence-electron chi connectivity index (χ4n) is 4.90. The summed E-state index contributed by atoms with van der Waals surface area (Å²) in [6, 6.07) is 6.03. The predicted molar refractivity (Wildman–Crippen MR) is 152 cm³/mol. The van der Waals surface area contributed by atoms with Gasteiger partial charge in [0.15, 0.2) is 29.3 Å². The van der Waals surface area contributed by atoms with Crippen LogP contribution in [-0.2, 0) is 35.0 Å². The molecule has 0 radical (unpaired) electrons. The van der Waals surface area contributed by atoms with Crippen molar-refractivity contribution < 1.29 is 33.3 Å². The van der Waals surface area contributed by atoms with Crippen LogP contribution in [-0.4, -0.2) is 108 Å². The molecule has 14 heteroatoms. The van der Waals surface area contributed by atoms with E-state index in [1.165, 1.54) is 26.5 Å². The van der Waals surface area contributed by atoms with Gasteiger partial charge >= 0.3 is 11.9 Å². The number of methoxy groups -OCH3 is 1. The molecule has 3 heterocycles. The van der Waals surface area contributed by atoms with Gasteiger partial charge in [0.1, 0.15) is 30.8 Å². The monoisotopic (exact) mass is 583 g/mol. The van der Waals surface area contributed by atoms with Crippen molar-refractivity contribution in [2.75, 3.05) is 46.8 Å². The molecule has 1 amide bonds. The molecule has 0 aliphatic carbocycles. The van der Waals surface area contributed by atoms with Crippen LogP contribution in [0.15, 0.2) is 36.9 Å². The van der Waals surface area contributed by atoms with E-state index in [0.717, 1.165) is 5.56 Å². The van der Waals surface area contributed by atoms with E-state index in [-0.39, 0.29) is 12.5 Å². The zero-order valence-corrected chi connectivity index (χ0v) is 24.8. The Labute approximate surface area is 243 Å². The number of esters is 2. The first-order valence-corrected chi connectivity index (χ1v) is 13.4. The number of rotatable bonds is 11. The molecule has 226 valence electrons. The molecule has 2 aromatic heterocycles. The Balaban J connectivity index is 1.67. The number of hydrogen-bond donors (Lipinski definition) is 1. The van der Waals surface area contributed by atoms with E-state index in [1.807, 2.05) is 38.4 Å². The molecule has 3 aromatic rings. The van der Waals surface area contributed by atoms with Crippen molar-refractivity contribution in [2.24, 2.45) is 0 Å². The van der Waals surface area contributed by atoms with E-state index in [9.17, 15) is 14.4 Å². The van der Waals surface area contributed by atoms with Crippen molar-refractivity contribution in [2.45, 2.75) is 50.8 Å². The van der Waals surface area contributed by atoms with Gasteiger partial charge in [-0.25, -0.2) is 15.0 Å². The molecule has 14 nitrogen and oxygen atoms in total. The number of fused-ring (bicyclic) bond motifs is 1. The number of nitrogens with zero attached hydrogens (tertiary/aromatic N) is 6. The van der Waals surface area contributed by atoms with E-state index in [2.05, 4.69) is 20.3 Å². The number of aromatic nitrogens is 4. The van der Waals surface area contributed by atoms with Crippen LogP contribution in [0.1, 0.15) is 25.6 Å². The molecule has 1 aliphatic rings. The van der Waals surface area contributed by atoms with E-state index >= 15 is 0 Å². The number of ether oxygens (including phenoxy) is 4. The lowest BCUT2D eigenvalue weighted by Gasteiger charge is -2.29. The normalized spacial score (nSPS) is 20.8. The minimum absolute atomic E-state index is 0.176. The maximum absolute atomic E-state index is 13.8. The second-order valence-corrected chi connectivity index (χ2v) is 10.4. The lowest BCUT2D eigenvalue weighted by molar-refractivity contribution is -0.153. The van der Waals surface area contributed by atoms with Gasteiger partial charge in [0.2, 0.25) is 5.91 Å². The predicted octanol–water partition coefficient (Wildman–Crippen LogP) is 0.951. The van der Waals surface area contributed by atoms with Crippen LogP contribution < -0.4 is 15.0 Å². The molecule has 1 unspecified atom stereocenters. The van der Waals surface area contributed by atoms with Crippen LogP contribution in [0.3, 0.4) is 0 Å². The highest BCUT2D eigenvalue weighted by Gasteiger charge is 2.50. The van der Waals surface area contributed by atoms with Gasteiger partial charge in [-0.15, -0.1) is 0 Å². The van der Waals surface area contributed by atoms with Gasteiger partial charge in [0, 0.05) is 27.9 Å². The molecule has 0 spiro atoms. The molecule has 42 heavy (non-hydrogen) atoms. The number of likely N-dealkylation sites (N-methyl/N-ethyl adjacent to an activating group) is 1. The number of amides is 1. The van der Waals surface area contributed by atoms with Gasteiger partial charge in [-0.2, -0.15) is 0 Å². The highest BCUT2D eigenvalue weighted by Crippen LogP contribution is 2.35. The van der Waals surface area contributed by atoms with Crippen molar-refractivity contribution in [1.82, 2.24) is 29.7 Å². The third-order valence-corrected chi connectivity index (χ3v) is 6.96. The number of hydrogen-bond acceptors (Lipinski definition) is 12. The summed E-state index contributed by atoms with van der Waals surface area (Å²) in [5.74, 6) is -0.0989. The Bertz CT molecular complexity index is 1410. The van der Waals surface area contributed by atoms with Gasteiger partial charge in [0.25, 0.3) is 0 Å². The number of carbonyl (C=O) groups excluding carboxylic acids is 3. The summed E-state index contributed by atoms with van der Waals surface area (Å²) in [5.41, 5.74) is 1.89. The van der Waals surface area contributed by atoms with Gasteiger partial charge in [-0.05, 0) is 38.2 Å². The van der Waals surface area contributed by atoms with Crippen LogP contribution in [0.4, 0.5) is 5.82 Å². The molecule has 1 N–H and O–H groups in total. The topological polar surface area (TPSA) is 150 Å². The molecular formula is C28H37N7O7. The molecule has 4 rings (SSSR count). The van der Waals surface area contributed by atoms with Gasteiger partial charge in [-0.3, -0.25) is 23.9 Å². The second-order valence-electron chi connectivity index (χ2n) is 10.4. The molecule has 1 aromatic carbocycles. The first kappa shape index (κ1) is 30.7. The lowest BCUT2D eigenvalue weighted by atomic mass is 10.0. The summed E-state index contributed by atoms with van der Waals surface area (Å²) in [4.78, 5) is 54.6. The third kappa shape index (κ3) is 6.77. The smallest absolute Gasteiger partial charge is 0.303 e. The summed E-state index contributed by atoms with van der Waals surface area (Å²) < 4.78 is 24.2. The maximum Gasteiger partial charge on any atom is 0.303 e. The first-order chi connectivity index (χ1) is 20.0. The summed E-state index contributed by atoms with van der Waals surface area (Å²) in [6.07, 6.45) is 0.557. The minimum atomic E-state index is -0.994. The summed E-state index contributed by atoms with van der Waals surface area (Å²) >= 11 is 0. The van der Waals surface area contributed by atoms with E-state index in [0.29, 0.717) is 29.2 Å². The third-order valence-electron chi connectivity index (χ3n) is 6.96. The summed E-state index contributed by atoms with van der Waals surface area (Å²) in [5, 5.41) is 3.03. The van der Waals surface area contributed by atoms with E-state index in [1.54, 1.807) is 35.6 Å². The molecule has 1 aliphatic heterocycles. The number of carbonyl (C=O) groups is 3. The van der Waals surface area contributed by atoms with Crippen LogP contribution in [0.25, 0.3) is 11.2 Å². The minimum Gasteiger partial charge on any atom is -0.497 e. The Morgan fingerprint density at radius 3 is 2.36 bits per heavy atom. The Morgan fingerprint density at radius 1 is 1.05 bits per heavy atom. The molecular weight excluding hydrogens is 546 g/mol. The Morgan fingerprint density at radius 2 is 1.76 bits per heavy atom. The van der Waals surface area contributed by atoms with E-state index < -0.39 is 42.5 Å². The average molecular weight is 584 g/mol. The number of benzene rings is 1. The van der Waals surface area contributed by atoms with Crippen LogP contribution in [0.2, 0.25) is 0 Å². The number of anilines is 1. The van der Waals surface area contributed by atoms with Crippen molar-refractivity contribution in [1.29, 1.82) is 0 Å². The van der Waals surface area contributed by atoms with Crippen molar-refractivity contribution >= 4 is 34.8 Å². The van der Waals surface area contributed by atoms with Crippen LogP contribution in [0.5, 0.6) is 5.75 Å². The molecule has 5 atom stereocenters. The van der Waals surface area contributed by atoms with Gasteiger partial charge < -0.3 is 29.2 Å². The quantitative estimate of drug-likeness (QED) is 0.320. The highest BCUT2D eigenvalue weighted by molar-refractivity contribution is 5.84.